The molecule has 1 N–H and O–H groups in total. The van der Waals surface area contributed by atoms with Gasteiger partial charge in [0, 0.05) is 34.5 Å². The summed E-state index contributed by atoms with van der Waals surface area (Å²) in [5.74, 6) is -0.0947. The maximum absolute atomic E-state index is 13.5. The van der Waals surface area contributed by atoms with Crippen molar-refractivity contribution in [1.29, 1.82) is 0 Å². The van der Waals surface area contributed by atoms with Crippen molar-refractivity contribution in [3.63, 3.8) is 0 Å². The molecule has 0 aromatic heterocycles. The average molecular weight is 501 g/mol. The molecular weight excluding hydrogens is 475 g/mol. The highest BCUT2D eigenvalue weighted by molar-refractivity contribution is 8.00. The first-order valence-electron chi connectivity index (χ1n) is 10.7. The lowest BCUT2D eigenvalue weighted by atomic mass is 10.0. The van der Waals surface area contributed by atoms with Gasteiger partial charge in [0.05, 0.1) is 5.75 Å². The number of thioether (sulfide) groups is 1. The highest BCUT2D eigenvalue weighted by Gasteiger charge is 2.30. The third kappa shape index (κ3) is 7.81. The van der Waals surface area contributed by atoms with Crippen molar-refractivity contribution in [2.75, 3.05) is 12.3 Å². The molecule has 1 atom stereocenters. The van der Waals surface area contributed by atoms with Crippen LogP contribution in [0.3, 0.4) is 0 Å². The maximum atomic E-state index is 13.5. The minimum atomic E-state index is -0.648. The lowest BCUT2D eigenvalue weighted by Gasteiger charge is -2.31. The predicted octanol–water partition coefficient (Wildman–Crippen LogP) is 5.86. The molecule has 33 heavy (non-hydrogen) atoms. The van der Waals surface area contributed by atoms with E-state index in [-0.39, 0.29) is 24.1 Å². The largest absolute Gasteiger partial charge is 0.355 e. The normalized spacial score (nSPS) is 11.6. The van der Waals surface area contributed by atoms with Crippen LogP contribution >= 0.6 is 35.0 Å². The van der Waals surface area contributed by atoms with E-state index in [1.807, 2.05) is 67.6 Å². The van der Waals surface area contributed by atoms with Gasteiger partial charge in [-0.3, -0.25) is 9.59 Å². The van der Waals surface area contributed by atoms with Crippen LogP contribution in [-0.2, 0) is 22.6 Å². The average Bonchev–Trinajstić information content (AvgIpc) is 2.81. The third-order valence-electron chi connectivity index (χ3n) is 5.04. The van der Waals surface area contributed by atoms with Gasteiger partial charge in [0.25, 0.3) is 0 Å². The fourth-order valence-electron chi connectivity index (χ4n) is 3.44. The summed E-state index contributed by atoms with van der Waals surface area (Å²) in [5, 5.41) is 4.13. The molecule has 0 aliphatic rings. The van der Waals surface area contributed by atoms with E-state index >= 15 is 0 Å². The summed E-state index contributed by atoms with van der Waals surface area (Å²) >= 11 is 13.6. The number of amides is 2. The summed E-state index contributed by atoms with van der Waals surface area (Å²) in [6.45, 7) is 2.65. The molecule has 0 heterocycles. The molecule has 0 saturated carbocycles. The van der Waals surface area contributed by atoms with Crippen LogP contribution in [0.25, 0.3) is 0 Å². The van der Waals surface area contributed by atoms with Crippen molar-refractivity contribution >= 4 is 46.8 Å². The van der Waals surface area contributed by atoms with Gasteiger partial charge in [0.1, 0.15) is 6.04 Å². The Kier molecular flexibility index (Phi) is 9.67. The molecule has 3 aromatic rings. The van der Waals surface area contributed by atoms with Crippen LogP contribution in [-0.4, -0.2) is 35.1 Å². The van der Waals surface area contributed by atoms with E-state index in [1.54, 1.807) is 23.1 Å². The van der Waals surface area contributed by atoms with Gasteiger partial charge < -0.3 is 10.2 Å². The molecule has 3 aromatic carbocycles. The van der Waals surface area contributed by atoms with Crippen LogP contribution in [0.2, 0.25) is 10.0 Å². The van der Waals surface area contributed by atoms with Crippen molar-refractivity contribution in [3.05, 3.63) is 100 Å². The van der Waals surface area contributed by atoms with Gasteiger partial charge in [-0.2, -0.15) is 0 Å². The summed E-state index contributed by atoms with van der Waals surface area (Å²) in [5.41, 5.74) is 1.86. The Hall–Kier alpha value is -2.47. The van der Waals surface area contributed by atoms with E-state index < -0.39 is 6.04 Å². The first-order chi connectivity index (χ1) is 16.0. The SMILES string of the molecule is CCNC(=O)[C@H](Cc1ccccc1)N(Cc1cccc(Cl)c1)C(=O)CSc1ccc(Cl)cc1. The van der Waals surface area contributed by atoms with Crippen LogP contribution in [0.4, 0.5) is 0 Å². The van der Waals surface area contributed by atoms with Crippen molar-refractivity contribution in [2.24, 2.45) is 0 Å². The zero-order chi connectivity index (χ0) is 23.6. The summed E-state index contributed by atoms with van der Waals surface area (Å²) < 4.78 is 0. The molecule has 7 heteroatoms. The van der Waals surface area contributed by atoms with Crippen LogP contribution in [0.5, 0.6) is 0 Å². The molecule has 0 fully saturated rings. The smallest absolute Gasteiger partial charge is 0.243 e. The number of likely N-dealkylation sites (N-methyl/N-ethyl adjacent to an activating group) is 1. The number of hydrogen-bond acceptors (Lipinski definition) is 3. The van der Waals surface area contributed by atoms with Crippen molar-refractivity contribution in [1.82, 2.24) is 10.2 Å². The number of carbonyl (C=O) groups is 2. The lowest BCUT2D eigenvalue weighted by molar-refractivity contribution is -0.139. The molecule has 0 spiro atoms. The molecular formula is C26H26Cl2N2O2S. The van der Waals surface area contributed by atoms with Gasteiger partial charge in [-0.15, -0.1) is 11.8 Å². The van der Waals surface area contributed by atoms with Crippen LogP contribution < -0.4 is 5.32 Å². The van der Waals surface area contributed by atoms with Gasteiger partial charge in [-0.25, -0.2) is 0 Å². The summed E-state index contributed by atoms with van der Waals surface area (Å²) in [6, 6.07) is 23.8. The topological polar surface area (TPSA) is 49.4 Å². The zero-order valence-electron chi connectivity index (χ0n) is 18.3. The van der Waals surface area contributed by atoms with Gasteiger partial charge >= 0.3 is 0 Å². The molecule has 2 amide bonds. The maximum Gasteiger partial charge on any atom is 0.243 e. The van der Waals surface area contributed by atoms with E-state index in [4.69, 9.17) is 23.2 Å². The first-order valence-corrected chi connectivity index (χ1v) is 12.4. The van der Waals surface area contributed by atoms with Crippen LogP contribution in [0.1, 0.15) is 18.1 Å². The second-order valence-electron chi connectivity index (χ2n) is 7.49. The Balaban J connectivity index is 1.88. The number of nitrogens with zero attached hydrogens (tertiary/aromatic N) is 1. The second kappa shape index (κ2) is 12.7. The lowest BCUT2D eigenvalue weighted by Crippen LogP contribution is -2.51. The molecule has 0 bridgehead atoms. The standard InChI is InChI=1S/C26H26Cl2N2O2S/c1-2-29-26(32)24(16-19-7-4-3-5-8-19)30(17-20-9-6-10-22(28)15-20)25(31)18-33-23-13-11-21(27)12-14-23/h3-15,24H,2,16-18H2,1H3,(H,29,32)/t24-/m0/s1. The van der Waals surface area contributed by atoms with E-state index in [0.29, 0.717) is 23.0 Å². The molecule has 0 radical (unpaired) electrons. The molecule has 0 saturated heterocycles. The minimum absolute atomic E-state index is 0.123. The van der Waals surface area contributed by atoms with E-state index in [0.717, 1.165) is 16.0 Å². The second-order valence-corrected chi connectivity index (χ2v) is 9.42. The molecule has 4 nitrogen and oxygen atoms in total. The number of benzene rings is 3. The fraction of sp³-hybridized carbons (Fsp3) is 0.231. The Morgan fingerprint density at radius 1 is 0.909 bits per heavy atom. The van der Waals surface area contributed by atoms with Gasteiger partial charge in [-0.1, -0.05) is 65.7 Å². The Bertz CT molecular complexity index is 1060. The fourth-order valence-corrected chi connectivity index (χ4v) is 4.56. The number of carbonyl (C=O) groups excluding carboxylic acids is 2. The van der Waals surface area contributed by atoms with Gasteiger partial charge in [0.15, 0.2) is 0 Å². The zero-order valence-corrected chi connectivity index (χ0v) is 20.7. The van der Waals surface area contributed by atoms with Crippen LogP contribution in [0.15, 0.2) is 83.8 Å². The van der Waals surface area contributed by atoms with E-state index in [9.17, 15) is 9.59 Å². The highest BCUT2D eigenvalue weighted by Crippen LogP contribution is 2.23. The Labute approximate surface area is 209 Å². The molecule has 0 aliphatic heterocycles. The summed E-state index contributed by atoms with van der Waals surface area (Å²) in [4.78, 5) is 29.2. The summed E-state index contributed by atoms with van der Waals surface area (Å²) in [7, 11) is 0. The number of hydrogen-bond donors (Lipinski definition) is 1. The quantitative estimate of drug-likeness (QED) is 0.354. The molecule has 172 valence electrons. The van der Waals surface area contributed by atoms with Gasteiger partial charge in [0.2, 0.25) is 11.8 Å². The number of rotatable bonds is 10. The van der Waals surface area contributed by atoms with Gasteiger partial charge in [-0.05, 0) is 54.4 Å². The van der Waals surface area contributed by atoms with E-state index in [2.05, 4.69) is 5.32 Å². The van der Waals surface area contributed by atoms with Crippen molar-refractivity contribution in [3.8, 4) is 0 Å². The molecule has 0 unspecified atom stereocenters. The first kappa shape index (κ1) is 25.2. The monoisotopic (exact) mass is 500 g/mol. The molecule has 3 rings (SSSR count). The minimum Gasteiger partial charge on any atom is -0.355 e. The molecule has 0 aliphatic carbocycles. The van der Waals surface area contributed by atoms with Crippen molar-refractivity contribution < 1.29 is 9.59 Å². The Morgan fingerprint density at radius 2 is 1.61 bits per heavy atom. The van der Waals surface area contributed by atoms with Crippen molar-refractivity contribution in [2.45, 2.75) is 30.8 Å². The van der Waals surface area contributed by atoms with E-state index in [1.165, 1.54) is 11.8 Å². The summed E-state index contributed by atoms with van der Waals surface area (Å²) in [6.07, 6.45) is 0.421. The predicted molar refractivity (Wildman–Crippen MR) is 137 cm³/mol. The number of halogens is 2. The Morgan fingerprint density at radius 3 is 2.27 bits per heavy atom. The number of nitrogens with one attached hydrogen (secondary N) is 1. The van der Waals surface area contributed by atoms with Crippen LogP contribution in [0, 0.1) is 0 Å². The highest BCUT2D eigenvalue weighted by atomic mass is 35.5. The third-order valence-corrected chi connectivity index (χ3v) is 6.52.